The van der Waals surface area contributed by atoms with Crippen LogP contribution < -0.4 is 4.90 Å². The number of piperidine rings is 3. The number of likely N-dealkylation sites (tertiary alicyclic amines) is 1. The van der Waals surface area contributed by atoms with Gasteiger partial charge in [0.05, 0.1) is 0 Å². The van der Waals surface area contributed by atoms with Crippen molar-refractivity contribution < 1.29 is 19.5 Å². The Morgan fingerprint density at radius 2 is 1.90 bits per heavy atom. The molecule has 156 valence electrons. The van der Waals surface area contributed by atoms with Gasteiger partial charge in [0.25, 0.3) is 0 Å². The van der Waals surface area contributed by atoms with E-state index in [9.17, 15) is 19.5 Å². The molecule has 4 aliphatic rings. The highest BCUT2D eigenvalue weighted by Crippen LogP contribution is 2.43. The Bertz CT molecular complexity index is 836. The molecule has 9 heteroatoms. The lowest BCUT2D eigenvalue weighted by Crippen LogP contribution is -2.68. The topological polar surface area (TPSA) is 94.0 Å². The molecule has 0 unspecified atom stereocenters. The highest BCUT2D eigenvalue weighted by atomic mass is 32.1. The number of carboxylic acid groups (broad SMARTS) is 1. The summed E-state index contributed by atoms with van der Waals surface area (Å²) in [4.78, 5) is 47.9. The van der Waals surface area contributed by atoms with E-state index >= 15 is 0 Å². The molecule has 0 saturated carbocycles. The van der Waals surface area contributed by atoms with Gasteiger partial charge >= 0.3 is 5.97 Å². The van der Waals surface area contributed by atoms with Gasteiger partial charge in [-0.25, -0.2) is 9.78 Å². The van der Waals surface area contributed by atoms with Crippen molar-refractivity contribution in [2.45, 2.75) is 50.6 Å². The molecule has 5 rings (SSSR count). The van der Waals surface area contributed by atoms with Crippen LogP contribution in [0.15, 0.2) is 5.38 Å². The Hall–Kier alpha value is -2.16. The fourth-order valence-electron chi connectivity index (χ4n) is 5.76. The number of anilines is 1. The number of hydrogen-bond acceptors (Lipinski definition) is 6. The zero-order valence-corrected chi connectivity index (χ0v) is 17.1. The molecule has 1 N–H and O–H groups in total. The van der Waals surface area contributed by atoms with E-state index in [1.807, 2.05) is 9.80 Å². The predicted molar refractivity (Wildman–Crippen MR) is 107 cm³/mol. The fourth-order valence-corrected chi connectivity index (χ4v) is 6.58. The van der Waals surface area contributed by atoms with Gasteiger partial charge in [-0.15, -0.1) is 11.3 Å². The van der Waals surface area contributed by atoms with E-state index in [2.05, 4.69) is 9.88 Å². The maximum atomic E-state index is 13.5. The summed E-state index contributed by atoms with van der Waals surface area (Å²) in [5, 5.41) is 11.5. The molecule has 2 bridgehead atoms. The fraction of sp³-hybridized carbons (Fsp3) is 0.700. The molecule has 4 fully saturated rings. The zero-order valence-electron chi connectivity index (χ0n) is 16.3. The molecule has 1 aromatic rings. The molecule has 1 aromatic heterocycles. The second kappa shape index (κ2) is 7.27. The molecule has 4 atom stereocenters. The highest BCUT2D eigenvalue weighted by Gasteiger charge is 2.53. The molecule has 0 radical (unpaired) electrons. The van der Waals surface area contributed by atoms with Crippen LogP contribution in [-0.2, 0) is 9.59 Å². The maximum Gasteiger partial charge on any atom is 0.355 e. The molecule has 5 heterocycles. The van der Waals surface area contributed by atoms with Gasteiger partial charge in [-0.2, -0.15) is 0 Å². The summed E-state index contributed by atoms with van der Waals surface area (Å²) in [5.41, 5.74) is 0.0693. The Kier molecular flexibility index (Phi) is 4.72. The van der Waals surface area contributed by atoms with Crippen LogP contribution in [0.5, 0.6) is 0 Å². The van der Waals surface area contributed by atoms with Gasteiger partial charge in [0.15, 0.2) is 10.8 Å². The Morgan fingerprint density at radius 3 is 2.62 bits per heavy atom. The number of fused-ring (bicyclic) bond motifs is 4. The first-order valence-electron chi connectivity index (χ1n) is 10.6. The van der Waals surface area contributed by atoms with Crippen LogP contribution in [0.2, 0.25) is 0 Å². The van der Waals surface area contributed by atoms with Crippen molar-refractivity contribution in [3.05, 3.63) is 11.1 Å². The lowest BCUT2D eigenvalue weighted by Gasteiger charge is -2.56. The van der Waals surface area contributed by atoms with Gasteiger partial charge in [0.2, 0.25) is 11.8 Å². The molecule has 0 spiro atoms. The predicted octanol–water partition coefficient (Wildman–Crippen LogP) is 1.67. The van der Waals surface area contributed by atoms with Crippen LogP contribution in [0.25, 0.3) is 0 Å². The third kappa shape index (κ3) is 3.19. The van der Waals surface area contributed by atoms with E-state index in [0.717, 1.165) is 51.7 Å². The number of nitrogens with zero attached hydrogens (tertiary/aromatic N) is 4. The number of carboxylic acids is 1. The summed E-state index contributed by atoms with van der Waals surface area (Å²) in [6, 6.07) is -0.283. The minimum atomic E-state index is -1.02. The largest absolute Gasteiger partial charge is 0.476 e. The average molecular weight is 419 g/mol. The van der Waals surface area contributed by atoms with E-state index in [0.29, 0.717) is 24.0 Å². The SMILES string of the molecule is O=C(O)c1csc(N2C[C@H]3C[C@@H](C2)[C@H](C(=O)N2CCCC2)N2C(=O)CCC[C@@H]32)n1. The average Bonchev–Trinajstić information content (AvgIpc) is 3.41. The Labute approximate surface area is 173 Å². The minimum Gasteiger partial charge on any atom is -0.476 e. The second-order valence-corrected chi connectivity index (χ2v) is 9.56. The van der Waals surface area contributed by atoms with Crippen LogP contribution in [-0.4, -0.2) is 75.9 Å². The number of carbonyl (C=O) groups is 3. The van der Waals surface area contributed by atoms with Gasteiger partial charge in [-0.05, 0) is 38.0 Å². The quantitative estimate of drug-likeness (QED) is 0.803. The van der Waals surface area contributed by atoms with E-state index in [4.69, 9.17) is 0 Å². The summed E-state index contributed by atoms with van der Waals surface area (Å²) in [7, 11) is 0. The van der Waals surface area contributed by atoms with Crippen LogP contribution >= 0.6 is 11.3 Å². The third-order valence-electron chi connectivity index (χ3n) is 6.99. The lowest BCUT2D eigenvalue weighted by molar-refractivity contribution is -0.160. The zero-order chi connectivity index (χ0) is 20.1. The number of carbonyl (C=O) groups excluding carboxylic acids is 2. The van der Waals surface area contributed by atoms with Crippen LogP contribution in [0.3, 0.4) is 0 Å². The van der Waals surface area contributed by atoms with E-state index < -0.39 is 5.97 Å². The van der Waals surface area contributed by atoms with Crippen LogP contribution in [0.4, 0.5) is 5.13 Å². The van der Waals surface area contributed by atoms with Crippen molar-refractivity contribution in [3.63, 3.8) is 0 Å². The van der Waals surface area contributed by atoms with Crippen LogP contribution in [0.1, 0.15) is 49.0 Å². The molecule has 0 aliphatic carbocycles. The number of hydrogen-bond donors (Lipinski definition) is 1. The molecule has 0 aromatic carbocycles. The first-order chi connectivity index (χ1) is 14.0. The molecule has 8 nitrogen and oxygen atoms in total. The normalized spacial score (nSPS) is 31.7. The summed E-state index contributed by atoms with van der Waals surface area (Å²) in [6.07, 6.45) is 5.38. The second-order valence-electron chi connectivity index (χ2n) is 8.72. The van der Waals surface area contributed by atoms with Crippen molar-refractivity contribution in [1.29, 1.82) is 0 Å². The molecular formula is C20H26N4O4S. The highest BCUT2D eigenvalue weighted by molar-refractivity contribution is 7.13. The molecule has 4 aliphatic heterocycles. The van der Waals surface area contributed by atoms with E-state index in [1.165, 1.54) is 11.3 Å². The Balaban J connectivity index is 1.46. The minimum absolute atomic E-state index is 0.0670. The van der Waals surface area contributed by atoms with Gasteiger partial charge in [0, 0.05) is 49.9 Å². The summed E-state index contributed by atoms with van der Waals surface area (Å²) >= 11 is 1.35. The maximum absolute atomic E-state index is 13.5. The Morgan fingerprint density at radius 1 is 1.14 bits per heavy atom. The number of aromatic nitrogens is 1. The number of aromatic carboxylic acids is 1. The van der Waals surface area contributed by atoms with Crippen molar-refractivity contribution in [1.82, 2.24) is 14.8 Å². The standard InChI is InChI=1S/C20H26N4O4S/c25-16-5-3-4-15-12-8-13(17(24(15)16)18(26)22-6-1-2-7-22)10-23(9-12)20-21-14(11-29-20)19(27)28/h11-13,15,17H,1-10H2,(H,27,28)/t12-,13+,15+,17-/m1/s1. The molecule has 2 amide bonds. The molecular weight excluding hydrogens is 392 g/mol. The van der Waals surface area contributed by atoms with E-state index in [-0.39, 0.29) is 35.5 Å². The van der Waals surface area contributed by atoms with Gasteiger partial charge in [-0.3, -0.25) is 9.59 Å². The van der Waals surface area contributed by atoms with Crippen molar-refractivity contribution in [3.8, 4) is 0 Å². The van der Waals surface area contributed by atoms with Gasteiger partial charge < -0.3 is 19.8 Å². The number of rotatable bonds is 3. The smallest absolute Gasteiger partial charge is 0.355 e. The van der Waals surface area contributed by atoms with Crippen LogP contribution in [0, 0.1) is 11.8 Å². The summed E-state index contributed by atoms with van der Waals surface area (Å²) < 4.78 is 0. The lowest BCUT2D eigenvalue weighted by atomic mass is 9.71. The van der Waals surface area contributed by atoms with E-state index in [1.54, 1.807) is 5.38 Å². The first kappa shape index (κ1) is 18.8. The third-order valence-corrected chi connectivity index (χ3v) is 7.90. The van der Waals surface area contributed by atoms with Crippen molar-refractivity contribution in [2.75, 3.05) is 31.1 Å². The number of amides is 2. The van der Waals surface area contributed by atoms with Crippen molar-refractivity contribution in [2.24, 2.45) is 11.8 Å². The van der Waals surface area contributed by atoms with Crippen molar-refractivity contribution >= 4 is 34.3 Å². The molecule has 4 saturated heterocycles. The monoisotopic (exact) mass is 418 g/mol. The number of thiazole rings is 1. The molecule has 29 heavy (non-hydrogen) atoms. The van der Waals surface area contributed by atoms with Gasteiger partial charge in [-0.1, -0.05) is 0 Å². The first-order valence-corrected chi connectivity index (χ1v) is 11.4. The van der Waals surface area contributed by atoms with Gasteiger partial charge in [0.1, 0.15) is 6.04 Å². The summed E-state index contributed by atoms with van der Waals surface area (Å²) in [5.74, 6) is -0.409. The summed E-state index contributed by atoms with van der Waals surface area (Å²) in [6.45, 7) is 2.98.